The van der Waals surface area contributed by atoms with E-state index in [9.17, 15) is 14.7 Å². The van der Waals surface area contributed by atoms with Crippen LogP contribution in [0.4, 0.5) is 0 Å². The first-order valence-corrected chi connectivity index (χ1v) is 9.40. The summed E-state index contributed by atoms with van der Waals surface area (Å²) in [5.74, 6) is 0.0459. The van der Waals surface area contributed by atoms with Crippen LogP contribution in [0.25, 0.3) is 0 Å². The number of likely N-dealkylation sites (tertiary alicyclic amines) is 1. The Morgan fingerprint density at radius 3 is 2.32 bits per heavy atom. The molecule has 0 radical (unpaired) electrons. The van der Waals surface area contributed by atoms with Crippen molar-refractivity contribution in [2.24, 2.45) is 5.92 Å². The summed E-state index contributed by atoms with van der Waals surface area (Å²) in [5.41, 5.74) is 2.80. The number of amides is 2. The fourth-order valence-electron chi connectivity index (χ4n) is 3.71. The van der Waals surface area contributed by atoms with Gasteiger partial charge in [-0.1, -0.05) is 13.8 Å². The maximum Gasteiger partial charge on any atom is 0.257 e. The van der Waals surface area contributed by atoms with Crippen molar-refractivity contribution >= 4 is 11.8 Å². The molecule has 1 heterocycles. The number of fused-ring (bicyclic) bond motifs is 1. The van der Waals surface area contributed by atoms with Crippen LogP contribution < -0.4 is 5.32 Å². The van der Waals surface area contributed by atoms with E-state index in [4.69, 9.17) is 0 Å². The second-order valence-electron chi connectivity index (χ2n) is 7.57. The summed E-state index contributed by atoms with van der Waals surface area (Å²) >= 11 is 0. The van der Waals surface area contributed by atoms with Crippen LogP contribution in [-0.2, 0) is 17.6 Å². The molecule has 1 fully saturated rings. The zero-order valence-electron chi connectivity index (χ0n) is 15.2. The smallest absolute Gasteiger partial charge is 0.257 e. The highest BCUT2D eigenvalue weighted by molar-refractivity contribution is 5.97. The molecule has 1 aliphatic heterocycles. The number of phenolic OH excluding ortho intramolecular Hbond substituents is 1. The van der Waals surface area contributed by atoms with Crippen LogP contribution in [0.2, 0.25) is 0 Å². The Bertz CT molecular complexity index is 661. The highest BCUT2D eigenvalue weighted by atomic mass is 16.3. The molecule has 5 heteroatoms. The molecule has 3 rings (SSSR count). The lowest BCUT2D eigenvalue weighted by Crippen LogP contribution is -2.47. The minimum atomic E-state index is -0.0977. The average molecular weight is 344 g/mol. The van der Waals surface area contributed by atoms with E-state index in [0.717, 1.165) is 38.5 Å². The van der Waals surface area contributed by atoms with E-state index in [2.05, 4.69) is 5.32 Å². The van der Waals surface area contributed by atoms with Gasteiger partial charge in [0.1, 0.15) is 5.75 Å². The van der Waals surface area contributed by atoms with Gasteiger partial charge in [-0.05, 0) is 61.8 Å². The predicted molar refractivity (Wildman–Crippen MR) is 96.7 cm³/mol. The second kappa shape index (κ2) is 7.46. The van der Waals surface area contributed by atoms with Gasteiger partial charge < -0.3 is 15.3 Å². The number of piperidine rings is 1. The molecule has 0 spiro atoms. The quantitative estimate of drug-likeness (QED) is 0.886. The molecular formula is C20H28N2O3. The number of carbonyl (C=O) groups excluding carboxylic acids is 2. The number of hydrogen-bond donors (Lipinski definition) is 2. The summed E-state index contributed by atoms with van der Waals surface area (Å²) < 4.78 is 0. The first-order chi connectivity index (χ1) is 12.0. The van der Waals surface area contributed by atoms with Gasteiger partial charge in [0, 0.05) is 25.0 Å². The Kier molecular flexibility index (Phi) is 5.30. The van der Waals surface area contributed by atoms with E-state index in [1.807, 2.05) is 19.9 Å². The third-order valence-corrected chi connectivity index (χ3v) is 5.34. The lowest BCUT2D eigenvalue weighted by atomic mass is 9.89. The number of rotatable bonds is 3. The summed E-state index contributed by atoms with van der Waals surface area (Å²) in [6.45, 7) is 4.98. The molecule has 2 aliphatic rings. The summed E-state index contributed by atoms with van der Waals surface area (Å²) in [6, 6.07) is 3.80. The Hall–Kier alpha value is -2.04. The van der Waals surface area contributed by atoms with Gasteiger partial charge in [0.25, 0.3) is 5.91 Å². The molecular weight excluding hydrogens is 316 g/mol. The molecule has 5 nitrogen and oxygen atoms in total. The SMILES string of the molecule is CC(C)C(=O)NC1CCN(C(=O)c2cc3c(cc2O)CCCC3)CC1. The normalized spacial score (nSPS) is 18.1. The van der Waals surface area contributed by atoms with Crippen molar-refractivity contribution in [1.82, 2.24) is 10.2 Å². The number of hydrogen-bond acceptors (Lipinski definition) is 3. The van der Waals surface area contributed by atoms with Crippen molar-refractivity contribution in [1.29, 1.82) is 0 Å². The second-order valence-corrected chi connectivity index (χ2v) is 7.57. The lowest BCUT2D eigenvalue weighted by Gasteiger charge is -2.33. The molecule has 1 saturated heterocycles. The van der Waals surface area contributed by atoms with Gasteiger partial charge in [-0.3, -0.25) is 9.59 Å². The number of aryl methyl sites for hydroxylation is 2. The van der Waals surface area contributed by atoms with Crippen molar-refractivity contribution in [3.8, 4) is 5.75 Å². The Labute approximate surface area is 149 Å². The van der Waals surface area contributed by atoms with E-state index >= 15 is 0 Å². The van der Waals surface area contributed by atoms with Gasteiger partial charge in [0.05, 0.1) is 5.56 Å². The molecule has 0 atom stereocenters. The van der Waals surface area contributed by atoms with Gasteiger partial charge in [-0.15, -0.1) is 0 Å². The zero-order chi connectivity index (χ0) is 18.0. The first kappa shape index (κ1) is 17.8. The number of nitrogens with one attached hydrogen (secondary N) is 1. The predicted octanol–water partition coefficient (Wildman–Crippen LogP) is 2.65. The van der Waals surface area contributed by atoms with Crippen LogP contribution in [0.1, 0.15) is 61.0 Å². The van der Waals surface area contributed by atoms with Crippen LogP contribution >= 0.6 is 0 Å². The fourth-order valence-corrected chi connectivity index (χ4v) is 3.71. The molecule has 1 aliphatic carbocycles. The number of benzene rings is 1. The van der Waals surface area contributed by atoms with E-state index < -0.39 is 0 Å². The molecule has 0 unspecified atom stereocenters. The van der Waals surface area contributed by atoms with Crippen LogP contribution in [-0.4, -0.2) is 41.0 Å². The standard InChI is InChI=1S/C20H28N2O3/c1-13(2)19(24)21-16-7-9-22(10-8-16)20(25)17-11-14-5-3-4-6-15(14)12-18(17)23/h11-13,16,23H,3-10H2,1-2H3,(H,21,24). The van der Waals surface area contributed by atoms with Crippen LogP contribution in [0.5, 0.6) is 5.75 Å². The maximum atomic E-state index is 12.8. The van der Waals surface area contributed by atoms with Gasteiger partial charge in [-0.2, -0.15) is 0 Å². The van der Waals surface area contributed by atoms with Gasteiger partial charge in [0.15, 0.2) is 0 Å². The van der Waals surface area contributed by atoms with Gasteiger partial charge in [0.2, 0.25) is 5.91 Å². The van der Waals surface area contributed by atoms with Gasteiger partial charge in [-0.25, -0.2) is 0 Å². The molecule has 136 valence electrons. The third kappa shape index (κ3) is 3.97. The molecule has 0 bridgehead atoms. The summed E-state index contributed by atoms with van der Waals surface area (Å²) in [5, 5.41) is 13.3. The number of carbonyl (C=O) groups is 2. The Morgan fingerprint density at radius 1 is 1.12 bits per heavy atom. The Morgan fingerprint density at radius 2 is 1.72 bits per heavy atom. The Balaban J connectivity index is 1.64. The van der Waals surface area contributed by atoms with Gasteiger partial charge >= 0.3 is 0 Å². The molecule has 25 heavy (non-hydrogen) atoms. The van der Waals surface area contributed by atoms with Crippen LogP contribution in [0, 0.1) is 5.92 Å². The summed E-state index contributed by atoms with van der Waals surface area (Å²) in [4.78, 5) is 26.4. The van der Waals surface area contributed by atoms with Crippen molar-refractivity contribution in [3.05, 3.63) is 28.8 Å². The fraction of sp³-hybridized carbons (Fsp3) is 0.600. The highest BCUT2D eigenvalue weighted by Crippen LogP contribution is 2.29. The minimum Gasteiger partial charge on any atom is -0.507 e. The highest BCUT2D eigenvalue weighted by Gasteiger charge is 2.27. The van der Waals surface area contributed by atoms with E-state index in [-0.39, 0.29) is 29.5 Å². The topological polar surface area (TPSA) is 69.6 Å². The van der Waals surface area contributed by atoms with E-state index in [1.54, 1.807) is 11.0 Å². The first-order valence-electron chi connectivity index (χ1n) is 9.40. The minimum absolute atomic E-state index is 0.0212. The largest absolute Gasteiger partial charge is 0.507 e. The molecule has 0 saturated carbocycles. The molecule has 1 aromatic carbocycles. The van der Waals surface area contributed by atoms with E-state index in [0.29, 0.717) is 18.7 Å². The third-order valence-electron chi connectivity index (χ3n) is 5.34. The van der Waals surface area contributed by atoms with Crippen molar-refractivity contribution in [2.75, 3.05) is 13.1 Å². The average Bonchev–Trinajstić information content (AvgIpc) is 2.61. The maximum absolute atomic E-state index is 12.8. The van der Waals surface area contributed by atoms with E-state index in [1.165, 1.54) is 11.1 Å². The molecule has 2 amide bonds. The zero-order valence-corrected chi connectivity index (χ0v) is 15.2. The number of phenols is 1. The van der Waals surface area contributed by atoms with Crippen LogP contribution in [0.15, 0.2) is 12.1 Å². The molecule has 1 aromatic rings. The number of aromatic hydroxyl groups is 1. The molecule has 2 N–H and O–H groups in total. The summed E-state index contributed by atoms with van der Waals surface area (Å²) in [7, 11) is 0. The van der Waals surface area contributed by atoms with Crippen molar-refractivity contribution in [3.63, 3.8) is 0 Å². The number of nitrogens with zero attached hydrogens (tertiary/aromatic N) is 1. The molecule has 0 aromatic heterocycles. The van der Waals surface area contributed by atoms with Crippen LogP contribution in [0.3, 0.4) is 0 Å². The lowest BCUT2D eigenvalue weighted by molar-refractivity contribution is -0.124. The van der Waals surface area contributed by atoms with Crippen molar-refractivity contribution in [2.45, 2.75) is 58.4 Å². The van der Waals surface area contributed by atoms with Crippen molar-refractivity contribution < 1.29 is 14.7 Å². The monoisotopic (exact) mass is 344 g/mol. The summed E-state index contributed by atoms with van der Waals surface area (Å²) in [6.07, 6.45) is 5.78.